The van der Waals surface area contributed by atoms with Gasteiger partial charge < -0.3 is 10.1 Å². The molecular weight excluding hydrogens is 150 g/mol. The molecule has 2 heteroatoms. The molecule has 0 aliphatic heterocycles. The van der Waals surface area contributed by atoms with Gasteiger partial charge >= 0.3 is 0 Å². The van der Waals surface area contributed by atoms with Gasteiger partial charge in [-0.05, 0) is 18.1 Å². The van der Waals surface area contributed by atoms with Gasteiger partial charge in [-0.3, -0.25) is 0 Å². The average Bonchev–Trinajstić information content (AvgIpc) is 2.47. The Balaban J connectivity index is 2.67. The molecule has 0 aliphatic carbocycles. The van der Waals surface area contributed by atoms with Gasteiger partial charge in [0.25, 0.3) is 0 Å². The van der Waals surface area contributed by atoms with Crippen LogP contribution in [0.2, 0.25) is 0 Å². The molecular formula is C10H7NO. The number of hydrogen-bond acceptors (Lipinski definition) is 1. The number of aliphatic hydroxyl groups excluding tert-OH is 1. The van der Waals surface area contributed by atoms with Crippen LogP contribution in [0.1, 0.15) is 5.69 Å². The first-order chi connectivity index (χ1) is 5.90. The molecule has 0 bridgehead atoms. The average molecular weight is 157 g/mol. The third-order valence-corrected chi connectivity index (χ3v) is 1.72. The van der Waals surface area contributed by atoms with Crippen molar-refractivity contribution in [2.45, 2.75) is 0 Å². The highest BCUT2D eigenvalue weighted by Gasteiger charge is 1.95. The van der Waals surface area contributed by atoms with E-state index in [-0.39, 0.29) is 0 Å². The Bertz CT molecular complexity index is 426. The van der Waals surface area contributed by atoms with Gasteiger partial charge in [0, 0.05) is 10.9 Å². The van der Waals surface area contributed by atoms with Crippen LogP contribution in [0.25, 0.3) is 10.9 Å². The molecule has 0 saturated carbocycles. The Kier molecular flexibility index (Phi) is 1.49. The number of H-pyrrole nitrogens is 1. The van der Waals surface area contributed by atoms with E-state index in [2.05, 4.69) is 10.9 Å². The van der Waals surface area contributed by atoms with E-state index in [1.807, 2.05) is 36.4 Å². The van der Waals surface area contributed by atoms with Gasteiger partial charge in [-0.25, -0.2) is 0 Å². The smallest absolute Gasteiger partial charge is 0.114 e. The van der Waals surface area contributed by atoms with E-state index in [0.717, 1.165) is 16.6 Å². The number of benzene rings is 1. The summed E-state index contributed by atoms with van der Waals surface area (Å²) in [5.41, 5.74) is 1.77. The zero-order valence-electron chi connectivity index (χ0n) is 6.33. The molecule has 12 heavy (non-hydrogen) atoms. The second-order valence-corrected chi connectivity index (χ2v) is 2.51. The Labute approximate surface area is 69.8 Å². The first-order valence-corrected chi connectivity index (χ1v) is 3.63. The largest absolute Gasteiger partial charge is 0.462 e. The molecule has 2 N–H and O–H groups in total. The van der Waals surface area contributed by atoms with Gasteiger partial charge in [0.15, 0.2) is 0 Å². The zero-order valence-corrected chi connectivity index (χ0v) is 6.33. The molecule has 2 nitrogen and oxygen atoms in total. The lowest BCUT2D eigenvalue weighted by atomic mass is 10.2. The van der Waals surface area contributed by atoms with Crippen molar-refractivity contribution >= 4 is 10.9 Å². The van der Waals surface area contributed by atoms with Crippen LogP contribution in [0, 0.1) is 12.0 Å². The van der Waals surface area contributed by atoms with Crippen molar-refractivity contribution in [3.8, 4) is 12.0 Å². The summed E-state index contributed by atoms with van der Waals surface area (Å²) >= 11 is 0. The summed E-state index contributed by atoms with van der Waals surface area (Å²) in [4.78, 5) is 3.06. The van der Waals surface area contributed by atoms with Crippen LogP contribution >= 0.6 is 0 Å². The number of aromatic nitrogens is 1. The van der Waals surface area contributed by atoms with Crippen LogP contribution in [0.5, 0.6) is 0 Å². The summed E-state index contributed by atoms with van der Waals surface area (Å²) in [6.07, 6.45) is 1.86. The highest BCUT2D eigenvalue weighted by molar-refractivity contribution is 5.81. The zero-order chi connectivity index (χ0) is 8.39. The summed E-state index contributed by atoms with van der Waals surface area (Å²) in [5.74, 6) is 2.55. The molecule has 0 spiro atoms. The SMILES string of the molecule is OC#Cc1cc2ccccc2[nH]1. The molecule has 2 aromatic rings. The fourth-order valence-electron chi connectivity index (χ4n) is 1.20. The van der Waals surface area contributed by atoms with Gasteiger partial charge in [0.2, 0.25) is 0 Å². The molecule has 1 aromatic carbocycles. The molecule has 0 fully saturated rings. The molecule has 0 aliphatic rings. The summed E-state index contributed by atoms with van der Waals surface area (Å²) < 4.78 is 0. The number of aromatic amines is 1. The van der Waals surface area contributed by atoms with E-state index in [1.54, 1.807) is 0 Å². The van der Waals surface area contributed by atoms with Gasteiger partial charge in [0.05, 0.1) is 5.69 Å². The Morgan fingerprint density at radius 3 is 2.83 bits per heavy atom. The standard InChI is InChI=1S/C10H7NO/c12-6-5-9-7-8-3-1-2-4-10(8)11-9/h1-4,7,11-12H. The maximum Gasteiger partial charge on any atom is 0.114 e. The van der Waals surface area contributed by atoms with Crippen LogP contribution in [-0.4, -0.2) is 10.1 Å². The van der Waals surface area contributed by atoms with Crippen molar-refractivity contribution in [1.82, 2.24) is 4.98 Å². The van der Waals surface area contributed by atoms with E-state index in [4.69, 9.17) is 5.11 Å². The Morgan fingerprint density at radius 1 is 1.25 bits per heavy atom. The molecule has 58 valence electrons. The summed E-state index contributed by atoms with van der Waals surface area (Å²) in [6, 6.07) is 9.78. The van der Waals surface area contributed by atoms with E-state index in [9.17, 15) is 0 Å². The monoisotopic (exact) mass is 157 g/mol. The van der Waals surface area contributed by atoms with Crippen molar-refractivity contribution in [2.24, 2.45) is 0 Å². The maximum atomic E-state index is 8.36. The maximum absolute atomic E-state index is 8.36. The normalized spacial score (nSPS) is 9.33. The molecule has 1 heterocycles. The second kappa shape index (κ2) is 2.63. The first kappa shape index (κ1) is 6.81. The van der Waals surface area contributed by atoms with Crippen molar-refractivity contribution in [3.05, 3.63) is 36.0 Å². The first-order valence-electron chi connectivity index (χ1n) is 3.63. The molecule has 0 amide bonds. The number of hydrogen-bond donors (Lipinski definition) is 2. The molecule has 0 saturated heterocycles. The van der Waals surface area contributed by atoms with Crippen LogP contribution in [0.15, 0.2) is 30.3 Å². The lowest BCUT2D eigenvalue weighted by Crippen LogP contribution is -1.69. The minimum Gasteiger partial charge on any atom is -0.462 e. The van der Waals surface area contributed by atoms with Gasteiger partial charge in [-0.1, -0.05) is 18.2 Å². The third-order valence-electron chi connectivity index (χ3n) is 1.72. The predicted molar refractivity (Wildman–Crippen MR) is 47.1 cm³/mol. The Morgan fingerprint density at radius 2 is 2.08 bits per heavy atom. The fraction of sp³-hybridized carbons (Fsp3) is 0. The number of fused-ring (bicyclic) bond motifs is 1. The van der Waals surface area contributed by atoms with Crippen molar-refractivity contribution in [3.63, 3.8) is 0 Å². The molecule has 0 radical (unpaired) electrons. The van der Waals surface area contributed by atoms with Crippen molar-refractivity contribution < 1.29 is 5.11 Å². The third kappa shape index (κ3) is 1.02. The fourth-order valence-corrected chi connectivity index (χ4v) is 1.20. The summed E-state index contributed by atoms with van der Waals surface area (Å²) in [7, 11) is 0. The number of para-hydroxylation sites is 1. The van der Waals surface area contributed by atoms with Gasteiger partial charge in [0.1, 0.15) is 6.11 Å². The van der Waals surface area contributed by atoms with Crippen LogP contribution < -0.4 is 0 Å². The van der Waals surface area contributed by atoms with Gasteiger partial charge in [-0.2, -0.15) is 0 Å². The van der Waals surface area contributed by atoms with E-state index >= 15 is 0 Å². The van der Waals surface area contributed by atoms with Crippen molar-refractivity contribution in [2.75, 3.05) is 0 Å². The topological polar surface area (TPSA) is 36.0 Å². The molecule has 0 atom stereocenters. The Hall–Kier alpha value is -1.88. The number of rotatable bonds is 0. The number of nitrogens with one attached hydrogen (secondary N) is 1. The van der Waals surface area contributed by atoms with Crippen molar-refractivity contribution in [1.29, 1.82) is 0 Å². The lowest BCUT2D eigenvalue weighted by Gasteiger charge is -1.83. The quantitative estimate of drug-likeness (QED) is 0.562. The second-order valence-electron chi connectivity index (χ2n) is 2.51. The number of aliphatic hydroxyl groups is 1. The lowest BCUT2D eigenvalue weighted by molar-refractivity contribution is 0.517. The molecule has 1 aromatic heterocycles. The van der Waals surface area contributed by atoms with Crippen LogP contribution in [-0.2, 0) is 0 Å². The van der Waals surface area contributed by atoms with Gasteiger partial charge in [-0.15, -0.1) is 0 Å². The highest BCUT2D eigenvalue weighted by Crippen LogP contribution is 2.13. The van der Waals surface area contributed by atoms with E-state index < -0.39 is 0 Å². The van der Waals surface area contributed by atoms with Crippen LogP contribution in [0.4, 0.5) is 0 Å². The van der Waals surface area contributed by atoms with E-state index in [0.29, 0.717) is 0 Å². The molecule has 0 unspecified atom stereocenters. The summed E-state index contributed by atoms with van der Waals surface area (Å²) in [5, 5.41) is 9.47. The molecule has 2 rings (SSSR count). The van der Waals surface area contributed by atoms with Crippen LogP contribution in [0.3, 0.4) is 0 Å². The highest BCUT2D eigenvalue weighted by atomic mass is 16.2. The predicted octanol–water partition coefficient (Wildman–Crippen LogP) is 1.85. The summed E-state index contributed by atoms with van der Waals surface area (Å²) in [6.45, 7) is 0. The minimum atomic E-state index is 0.735. The minimum absolute atomic E-state index is 0.735. The van der Waals surface area contributed by atoms with E-state index in [1.165, 1.54) is 0 Å².